The average Bonchev–Trinajstić information content (AvgIpc) is 3.57. The van der Waals surface area contributed by atoms with Gasteiger partial charge in [-0.2, -0.15) is 0 Å². The lowest BCUT2D eigenvalue weighted by molar-refractivity contribution is 0.0901. The third-order valence-corrected chi connectivity index (χ3v) is 9.48. The molecule has 1 aliphatic carbocycles. The summed E-state index contributed by atoms with van der Waals surface area (Å²) in [4.78, 5) is 29.1. The molecule has 1 saturated carbocycles. The summed E-state index contributed by atoms with van der Waals surface area (Å²) in [6.45, 7) is 10.1. The van der Waals surface area contributed by atoms with Gasteiger partial charge in [-0.15, -0.1) is 0 Å². The highest BCUT2D eigenvalue weighted by atomic mass is 19.1. The molecular weight excluding hydrogens is 569 g/mol. The number of aliphatic hydroxyl groups is 1. The van der Waals surface area contributed by atoms with Crippen molar-refractivity contribution in [2.45, 2.75) is 53.0 Å². The van der Waals surface area contributed by atoms with E-state index in [9.17, 15) is 19.1 Å². The number of anilines is 1. The normalized spacial score (nSPS) is 19.5. The fourth-order valence-corrected chi connectivity index (χ4v) is 7.16. The zero-order valence-electron chi connectivity index (χ0n) is 26.8. The molecule has 0 saturated heterocycles. The number of hydrogen-bond acceptors (Lipinski definition) is 5. The van der Waals surface area contributed by atoms with Crippen LogP contribution in [0.3, 0.4) is 0 Å². The third-order valence-electron chi connectivity index (χ3n) is 9.48. The first kappa shape index (κ1) is 32.2. The van der Waals surface area contributed by atoms with Crippen molar-refractivity contribution >= 4 is 28.5 Å². The van der Waals surface area contributed by atoms with Crippen LogP contribution in [0.2, 0.25) is 0 Å². The van der Waals surface area contributed by atoms with E-state index in [0.717, 1.165) is 49.2 Å². The van der Waals surface area contributed by atoms with Gasteiger partial charge < -0.3 is 25.1 Å². The van der Waals surface area contributed by atoms with E-state index in [0.29, 0.717) is 45.3 Å². The van der Waals surface area contributed by atoms with Crippen LogP contribution in [0, 0.1) is 23.6 Å². The number of hydrogen-bond donors (Lipinski definition) is 3. The molecule has 238 valence electrons. The van der Waals surface area contributed by atoms with E-state index in [-0.39, 0.29) is 36.2 Å². The van der Waals surface area contributed by atoms with Crippen LogP contribution in [0.4, 0.5) is 10.1 Å². The van der Waals surface area contributed by atoms with Crippen molar-refractivity contribution in [3.05, 3.63) is 77.6 Å². The topological polar surface area (TPSA) is 94.8 Å². The van der Waals surface area contributed by atoms with Crippen LogP contribution in [0.1, 0.15) is 67.7 Å². The molecule has 8 heteroatoms. The number of nitrogens with zero attached hydrogens (tertiary/aromatic N) is 1. The van der Waals surface area contributed by atoms with Gasteiger partial charge >= 0.3 is 0 Å². The van der Waals surface area contributed by atoms with Crippen LogP contribution >= 0.6 is 0 Å². The van der Waals surface area contributed by atoms with Gasteiger partial charge in [0, 0.05) is 72.5 Å². The number of fused-ring (bicyclic) bond motifs is 1. The molecule has 0 aliphatic heterocycles. The SMILES string of the molecule is CCCC1C(C)CC(NC(=O)c2cccc(-c3cc4c(C(=O)NC)c(-c5ccc(F)cc5)oc4cc3N(CC)CC)c2)C1CO. The summed E-state index contributed by atoms with van der Waals surface area (Å²) in [5.41, 5.74) is 4.66. The summed E-state index contributed by atoms with van der Waals surface area (Å²) in [5.74, 6) is 0.391. The van der Waals surface area contributed by atoms with Crippen molar-refractivity contribution < 1.29 is 23.5 Å². The van der Waals surface area contributed by atoms with Gasteiger partial charge in [-0.05, 0) is 80.1 Å². The predicted octanol–water partition coefficient (Wildman–Crippen LogP) is 7.27. The summed E-state index contributed by atoms with van der Waals surface area (Å²) in [6, 6.07) is 17.3. The molecule has 0 radical (unpaired) electrons. The standard InChI is InChI=1S/C37H44FN3O4/c1-6-10-27-22(4)17-31(30(27)21-42)40-36(43)25-12-9-11-24(18-25)28-19-29-33(20-32(28)41(7-2)8-3)45-35(34(29)37(44)39-5)23-13-15-26(38)16-14-23/h9,11-16,18-20,22,27,30-31,42H,6-8,10,17,21H2,1-5H3,(H,39,44)(H,40,43). The molecule has 0 bridgehead atoms. The second kappa shape index (κ2) is 13.9. The van der Waals surface area contributed by atoms with Gasteiger partial charge in [0.2, 0.25) is 0 Å². The second-order valence-corrected chi connectivity index (χ2v) is 12.1. The quantitative estimate of drug-likeness (QED) is 0.165. The van der Waals surface area contributed by atoms with Gasteiger partial charge in [0.05, 0.1) is 5.56 Å². The van der Waals surface area contributed by atoms with Crippen molar-refractivity contribution in [2.75, 3.05) is 31.6 Å². The molecule has 2 amide bonds. The fourth-order valence-electron chi connectivity index (χ4n) is 7.16. The van der Waals surface area contributed by atoms with Crippen molar-refractivity contribution in [2.24, 2.45) is 17.8 Å². The first-order valence-electron chi connectivity index (χ1n) is 16.1. The Morgan fingerprint density at radius 2 is 1.71 bits per heavy atom. The van der Waals surface area contributed by atoms with Crippen LogP contribution < -0.4 is 15.5 Å². The van der Waals surface area contributed by atoms with Crippen molar-refractivity contribution in [1.29, 1.82) is 0 Å². The minimum absolute atomic E-state index is 0.0447. The number of carbonyl (C=O) groups excluding carboxylic acids is 2. The lowest BCUT2D eigenvalue weighted by atomic mass is 9.86. The Bertz CT molecular complexity index is 1660. The zero-order valence-corrected chi connectivity index (χ0v) is 26.8. The molecule has 7 nitrogen and oxygen atoms in total. The molecule has 1 aliphatic rings. The second-order valence-electron chi connectivity index (χ2n) is 12.1. The highest BCUT2D eigenvalue weighted by molar-refractivity contribution is 6.13. The highest BCUT2D eigenvalue weighted by Gasteiger charge is 2.40. The number of aliphatic hydroxyl groups excluding tert-OH is 1. The van der Waals surface area contributed by atoms with Crippen LogP contribution in [-0.2, 0) is 0 Å². The van der Waals surface area contributed by atoms with E-state index in [1.807, 2.05) is 36.4 Å². The summed E-state index contributed by atoms with van der Waals surface area (Å²) in [5, 5.41) is 16.8. The molecule has 4 aromatic rings. The van der Waals surface area contributed by atoms with Gasteiger partial charge in [-0.25, -0.2) is 4.39 Å². The van der Waals surface area contributed by atoms with E-state index in [1.165, 1.54) is 12.1 Å². The molecule has 1 fully saturated rings. The van der Waals surface area contributed by atoms with Crippen LogP contribution in [-0.4, -0.2) is 49.7 Å². The number of halogens is 1. The number of carbonyl (C=O) groups is 2. The lowest BCUT2D eigenvalue weighted by Crippen LogP contribution is -2.40. The van der Waals surface area contributed by atoms with Crippen LogP contribution in [0.25, 0.3) is 33.4 Å². The van der Waals surface area contributed by atoms with E-state index < -0.39 is 0 Å². The number of rotatable bonds is 11. The summed E-state index contributed by atoms with van der Waals surface area (Å²) in [7, 11) is 1.57. The van der Waals surface area contributed by atoms with Gasteiger partial charge in [0.25, 0.3) is 11.8 Å². The van der Waals surface area contributed by atoms with Gasteiger partial charge in [0.15, 0.2) is 0 Å². The Hall–Kier alpha value is -4.17. The first-order chi connectivity index (χ1) is 21.7. The van der Waals surface area contributed by atoms with E-state index in [4.69, 9.17) is 4.42 Å². The van der Waals surface area contributed by atoms with Gasteiger partial charge in [-0.3, -0.25) is 9.59 Å². The highest BCUT2D eigenvalue weighted by Crippen LogP contribution is 2.42. The van der Waals surface area contributed by atoms with Crippen molar-refractivity contribution in [1.82, 2.24) is 10.6 Å². The molecule has 3 N–H and O–H groups in total. The molecule has 45 heavy (non-hydrogen) atoms. The Balaban J connectivity index is 1.59. The number of nitrogens with one attached hydrogen (secondary N) is 2. The van der Waals surface area contributed by atoms with Crippen molar-refractivity contribution in [3.8, 4) is 22.5 Å². The molecule has 5 rings (SSSR count). The number of amides is 2. The summed E-state index contributed by atoms with van der Waals surface area (Å²) in [6.07, 6.45) is 2.94. The molecule has 1 aromatic heterocycles. The van der Waals surface area contributed by atoms with E-state index >= 15 is 0 Å². The molecule has 3 aromatic carbocycles. The minimum Gasteiger partial charge on any atom is -0.455 e. The molecular formula is C37H44FN3O4. The van der Waals surface area contributed by atoms with Crippen molar-refractivity contribution in [3.63, 3.8) is 0 Å². The Morgan fingerprint density at radius 3 is 2.36 bits per heavy atom. The average molecular weight is 614 g/mol. The van der Waals surface area contributed by atoms with E-state index in [2.05, 4.69) is 43.2 Å². The van der Waals surface area contributed by atoms with Gasteiger partial charge in [-0.1, -0.05) is 38.8 Å². The molecule has 0 spiro atoms. The third kappa shape index (κ3) is 6.34. The predicted molar refractivity (Wildman–Crippen MR) is 178 cm³/mol. The summed E-state index contributed by atoms with van der Waals surface area (Å²) >= 11 is 0. The number of benzene rings is 3. The first-order valence-corrected chi connectivity index (χ1v) is 16.1. The minimum atomic E-state index is -0.374. The van der Waals surface area contributed by atoms with Gasteiger partial charge in [0.1, 0.15) is 17.2 Å². The Labute approximate surface area is 264 Å². The number of furan rings is 1. The van der Waals surface area contributed by atoms with E-state index in [1.54, 1.807) is 19.2 Å². The smallest absolute Gasteiger partial charge is 0.255 e. The largest absolute Gasteiger partial charge is 0.455 e. The molecule has 4 unspecified atom stereocenters. The molecule has 1 heterocycles. The summed E-state index contributed by atoms with van der Waals surface area (Å²) < 4.78 is 20.1. The maximum atomic E-state index is 13.7. The maximum Gasteiger partial charge on any atom is 0.255 e. The molecule has 4 atom stereocenters. The Kier molecular flexibility index (Phi) is 9.93. The maximum absolute atomic E-state index is 13.7. The lowest BCUT2D eigenvalue weighted by Gasteiger charge is -2.25. The fraction of sp³-hybridized carbons (Fsp3) is 0.405. The van der Waals surface area contributed by atoms with Crippen LogP contribution in [0.5, 0.6) is 0 Å². The monoisotopic (exact) mass is 613 g/mol. The zero-order chi connectivity index (χ0) is 32.2. The van der Waals surface area contributed by atoms with Crippen LogP contribution in [0.15, 0.2) is 65.1 Å². The Morgan fingerprint density at radius 1 is 0.978 bits per heavy atom.